The van der Waals surface area contributed by atoms with E-state index >= 15 is 0 Å². The Bertz CT molecular complexity index is 801. The first-order valence-electron chi connectivity index (χ1n) is 8.33. The molecule has 0 aliphatic heterocycles. The van der Waals surface area contributed by atoms with Crippen molar-refractivity contribution in [3.63, 3.8) is 0 Å². The maximum Gasteiger partial charge on any atom is 0.332 e. The van der Waals surface area contributed by atoms with E-state index < -0.39 is 0 Å². The molecule has 0 fully saturated rings. The lowest BCUT2D eigenvalue weighted by molar-refractivity contribution is 0.293. The largest absolute Gasteiger partial charge is 0.332 e. The van der Waals surface area contributed by atoms with Crippen LogP contribution in [0, 0.1) is 0 Å². The van der Waals surface area contributed by atoms with Gasteiger partial charge < -0.3 is 9.47 Å². The summed E-state index contributed by atoms with van der Waals surface area (Å²) in [6.45, 7) is 10.1. The summed E-state index contributed by atoms with van der Waals surface area (Å²) in [5, 5.41) is 0. The minimum atomic E-state index is -0.335. The number of rotatable bonds is 7. The van der Waals surface area contributed by atoms with Crippen molar-refractivity contribution in [3.05, 3.63) is 26.7 Å². The molecule has 0 unspecified atom stereocenters. The van der Waals surface area contributed by atoms with Crippen LogP contribution in [-0.4, -0.2) is 43.2 Å². The number of hydrogen-bond donors (Lipinski definition) is 0. The second kappa shape index (κ2) is 8.48. The van der Waals surface area contributed by atoms with Gasteiger partial charge in [0.2, 0.25) is 0 Å². The van der Waals surface area contributed by atoms with E-state index in [1.165, 1.54) is 11.6 Å². The fourth-order valence-electron chi connectivity index (χ4n) is 2.99. The summed E-state index contributed by atoms with van der Waals surface area (Å²) in [6.07, 6.45) is 1.68. The molecule has 2 heterocycles. The summed E-state index contributed by atoms with van der Waals surface area (Å²) in [7, 11) is 3.18. The van der Waals surface area contributed by atoms with E-state index in [9.17, 15) is 9.59 Å². The lowest BCUT2D eigenvalue weighted by Gasteiger charge is -2.18. The molecule has 2 rings (SSSR count). The lowest BCUT2D eigenvalue weighted by Crippen LogP contribution is -2.37. The zero-order chi connectivity index (χ0) is 17.1. The van der Waals surface area contributed by atoms with Gasteiger partial charge in [-0.2, -0.15) is 0 Å². The molecule has 0 spiro atoms. The average molecular weight is 358 g/mol. The van der Waals surface area contributed by atoms with E-state index in [2.05, 4.69) is 23.7 Å². The first-order chi connectivity index (χ1) is 11.0. The number of halogens is 1. The molecule has 0 aliphatic carbocycles. The summed E-state index contributed by atoms with van der Waals surface area (Å²) in [5.41, 5.74) is 0.417. The Labute approximate surface area is 148 Å². The highest BCUT2D eigenvalue weighted by atomic mass is 35.5. The molecule has 0 N–H and O–H groups in total. The van der Waals surface area contributed by atoms with Crippen molar-refractivity contribution in [2.45, 2.75) is 40.2 Å². The van der Waals surface area contributed by atoms with E-state index in [1.54, 1.807) is 7.05 Å². The molecule has 2 aromatic rings. The Morgan fingerprint density at radius 3 is 2.21 bits per heavy atom. The van der Waals surface area contributed by atoms with Gasteiger partial charge in [0, 0.05) is 27.1 Å². The molecule has 2 aromatic heterocycles. The molecule has 0 atom stereocenters. The normalized spacial score (nSPS) is 11.2. The first-order valence-corrected chi connectivity index (χ1v) is 8.33. The van der Waals surface area contributed by atoms with Crippen molar-refractivity contribution < 1.29 is 0 Å². The van der Waals surface area contributed by atoms with Crippen LogP contribution in [0.25, 0.3) is 11.2 Å². The number of aromatic nitrogens is 4. The molecule has 0 bridgehead atoms. The molecule has 0 aliphatic rings. The van der Waals surface area contributed by atoms with Gasteiger partial charge in [-0.05, 0) is 26.1 Å². The molecule has 24 heavy (non-hydrogen) atoms. The van der Waals surface area contributed by atoms with Gasteiger partial charge in [-0.1, -0.05) is 20.8 Å². The predicted molar refractivity (Wildman–Crippen MR) is 99.2 cm³/mol. The molecular weight excluding hydrogens is 330 g/mol. The quantitative estimate of drug-likeness (QED) is 0.745. The third kappa shape index (κ3) is 3.57. The molecule has 8 heteroatoms. The van der Waals surface area contributed by atoms with Gasteiger partial charge in [0.05, 0.1) is 0 Å². The number of nitrogens with zero attached hydrogens (tertiary/aromatic N) is 5. The standard InChI is InChI=1S/C16H27N5O2.ClH/c1-6-12-17-14-13(15(22)19(5)16(23)18(14)4)21(12)11-9-10-20(7-2)8-3;/h6-11H2,1-5H3;1H. The minimum absolute atomic E-state index is 0. The van der Waals surface area contributed by atoms with Gasteiger partial charge in [0.15, 0.2) is 11.2 Å². The number of imidazole rings is 1. The molecule has 0 radical (unpaired) electrons. The monoisotopic (exact) mass is 357 g/mol. The zero-order valence-electron chi connectivity index (χ0n) is 15.2. The van der Waals surface area contributed by atoms with Gasteiger partial charge in [0.1, 0.15) is 5.82 Å². The Morgan fingerprint density at radius 1 is 1.04 bits per heavy atom. The average Bonchev–Trinajstić information content (AvgIpc) is 2.93. The van der Waals surface area contributed by atoms with E-state index in [0.717, 1.165) is 49.4 Å². The topological polar surface area (TPSA) is 65.1 Å². The highest BCUT2D eigenvalue weighted by Crippen LogP contribution is 2.12. The van der Waals surface area contributed by atoms with Crippen LogP contribution in [-0.2, 0) is 27.1 Å². The number of aryl methyl sites for hydroxylation is 3. The Balaban J connectivity index is 0.00000288. The maximum absolute atomic E-state index is 12.5. The molecule has 0 amide bonds. The van der Waals surface area contributed by atoms with Crippen molar-refractivity contribution in [1.82, 2.24) is 23.6 Å². The second-order valence-electron chi connectivity index (χ2n) is 5.79. The van der Waals surface area contributed by atoms with Gasteiger partial charge in [-0.15, -0.1) is 12.4 Å². The van der Waals surface area contributed by atoms with Gasteiger partial charge >= 0.3 is 5.69 Å². The van der Waals surface area contributed by atoms with Crippen molar-refractivity contribution in [1.29, 1.82) is 0 Å². The van der Waals surface area contributed by atoms with E-state index in [-0.39, 0.29) is 23.7 Å². The predicted octanol–water partition coefficient (Wildman–Crippen LogP) is 1.15. The lowest BCUT2D eigenvalue weighted by atomic mass is 10.3. The molecule has 0 saturated heterocycles. The highest BCUT2D eigenvalue weighted by Gasteiger charge is 2.17. The molecule has 0 aromatic carbocycles. The van der Waals surface area contributed by atoms with E-state index in [0.29, 0.717) is 11.2 Å². The van der Waals surface area contributed by atoms with Crippen molar-refractivity contribution in [2.75, 3.05) is 19.6 Å². The molecule has 7 nitrogen and oxygen atoms in total. The zero-order valence-corrected chi connectivity index (χ0v) is 16.0. The third-order valence-corrected chi connectivity index (χ3v) is 4.49. The molecule has 136 valence electrons. The van der Waals surface area contributed by atoms with Crippen LogP contribution in [0.5, 0.6) is 0 Å². The van der Waals surface area contributed by atoms with Crippen LogP contribution in [0.15, 0.2) is 9.59 Å². The fourth-order valence-corrected chi connectivity index (χ4v) is 2.99. The van der Waals surface area contributed by atoms with E-state index in [4.69, 9.17) is 0 Å². The smallest absolute Gasteiger partial charge is 0.322 e. The molecular formula is C16H28ClN5O2. The van der Waals surface area contributed by atoms with Gasteiger partial charge in [-0.3, -0.25) is 13.9 Å². The van der Waals surface area contributed by atoms with Crippen LogP contribution in [0.2, 0.25) is 0 Å². The van der Waals surface area contributed by atoms with Crippen molar-refractivity contribution >= 4 is 23.6 Å². The Kier molecular flexibility index (Phi) is 7.23. The maximum atomic E-state index is 12.5. The summed E-state index contributed by atoms with van der Waals surface area (Å²) in [5.74, 6) is 0.859. The first kappa shape index (κ1) is 20.4. The summed E-state index contributed by atoms with van der Waals surface area (Å²) in [4.78, 5) is 31.5. The van der Waals surface area contributed by atoms with Gasteiger partial charge in [-0.25, -0.2) is 9.78 Å². The SMILES string of the molecule is CCc1nc2c(c(=O)n(C)c(=O)n2C)n1CCCN(CC)CC.Cl. The summed E-state index contributed by atoms with van der Waals surface area (Å²) in [6, 6.07) is 0. The van der Waals surface area contributed by atoms with Crippen LogP contribution in [0.1, 0.15) is 33.0 Å². The van der Waals surface area contributed by atoms with Crippen LogP contribution < -0.4 is 11.2 Å². The number of hydrogen-bond acceptors (Lipinski definition) is 4. The third-order valence-electron chi connectivity index (χ3n) is 4.49. The fraction of sp³-hybridized carbons (Fsp3) is 0.688. The Morgan fingerprint density at radius 2 is 1.67 bits per heavy atom. The van der Waals surface area contributed by atoms with Crippen LogP contribution in [0.3, 0.4) is 0 Å². The van der Waals surface area contributed by atoms with Crippen molar-refractivity contribution in [3.8, 4) is 0 Å². The Hall–Kier alpha value is -1.60. The van der Waals surface area contributed by atoms with Crippen LogP contribution in [0.4, 0.5) is 0 Å². The van der Waals surface area contributed by atoms with Crippen molar-refractivity contribution in [2.24, 2.45) is 14.1 Å². The highest BCUT2D eigenvalue weighted by molar-refractivity contribution is 5.85. The summed E-state index contributed by atoms with van der Waals surface area (Å²) >= 11 is 0. The molecule has 0 saturated carbocycles. The summed E-state index contributed by atoms with van der Waals surface area (Å²) < 4.78 is 4.60. The minimum Gasteiger partial charge on any atom is -0.322 e. The van der Waals surface area contributed by atoms with Gasteiger partial charge in [0.25, 0.3) is 5.56 Å². The second-order valence-corrected chi connectivity index (χ2v) is 5.79. The van der Waals surface area contributed by atoms with Crippen LogP contribution >= 0.6 is 12.4 Å². The number of fused-ring (bicyclic) bond motifs is 1. The van der Waals surface area contributed by atoms with E-state index in [1.807, 2.05) is 11.5 Å².